The van der Waals surface area contributed by atoms with Gasteiger partial charge in [0.05, 0.1) is 0 Å². The Morgan fingerprint density at radius 3 is 2.47 bits per heavy atom. The van der Waals surface area contributed by atoms with Gasteiger partial charge < -0.3 is 9.47 Å². The van der Waals surface area contributed by atoms with Crippen molar-refractivity contribution < 1.29 is 9.47 Å². The van der Waals surface area contributed by atoms with Gasteiger partial charge in [-0.25, -0.2) is 4.42 Å². The van der Waals surface area contributed by atoms with Gasteiger partial charge >= 0.3 is 0 Å². The van der Waals surface area contributed by atoms with Crippen LogP contribution in [-0.4, -0.2) is 48.7 Å². The monoisotopic (exact) mass is 282 g/mol. The second-order valence-electron chi connectivity index (χ2n) is 5.02. The molecule has 0 radical (unpaired) electrons. The normalized spacial score (nSPS) is 22.2. The molecular formula is C14H19ClN2O2. The van der Waals surface area contributed by atoms with Gasteiger partial charge in [0, 0.05) is 32.2 Å². The third-order valence-electron chi connectivity index (χ3n) is 3.86. The number of nitrogens with zero attached hydrogens (tertiary/aromatic N) is 2. The molecule has 0 amide bonds. The Hall–Kier alpha value is -0.970. The van der Waals surface area contributed by atoms with Crippen LogP contribution < -0.4 is 9.47 Å². The van der Waals surface area contributed by atoms with Crippen molar-refractivity contribution in [3.63, 3.8) is 0 Å². The van der Waals surface area contributed by atoms with Crippen molar-refractivity contribution in [2.24, 2.45) is 0 Å². The van der Waals surface area contributed by atoms with Crippen LogP contribution in [0.4, 0.5) is 0 Å². The molecular weight excluding hydrogens is 264 g/mol. The van der Waals surface area contributed by atoms with E-state index in [0.29, 0.717) is 19.3 Å². The van der Waals surface area contributed by atoms with Crippen molar-refractivity contribution in [3.8, 4) is 11.5 Å². The summed E-state index contributed by atoms with van der Waals surface area (Å²) in [6, 6.07) is 6.62. The standard InChI is InChI=1S/C14H19ClN2O2/c1-11(16-4-6-17(15)7-5-16)12-2-3-13-14(10-12)19-9-8-18-13/h2-3,10-11H,4-9H2,1H3. The van der Waals surface area contributed by atoms with E-state index < -0.39 is 0 Å². The van der Waals surface area contributed by atoms with Crippen molar-refractivity contribution in [3.05, 3.63) is 23.8 Å². The summed E-state index contributed by atoms with van der Waals surface area (Å²) >= 11 is 6.00. The summed E-state index contributed by atoms with van der Waals surface area (Å²) in [4.78, 5) is 2.45. The predicted molar refractivity (Wildman–Crippen MR) is 74.8 cm³/mol. The lowest BCUT2D eigenvalue weighted by Crippen LogP contribution is -2.43. The minimum absolute atomic E-state index is 0.376. The third-order valence-corrected chi connectivity index (χ3v) is 4.19. The van der Waals surface area contributed by atoms with Gasteiger partial charge in [-0.15, -0.1) is 0 Å². The SMILES string of the molecule is CC(c1ccc2c(c1)OCCO2)N1CCN(Cl)CC1. The Bertz CT molecular complexity index is 447. The molecule has 1 aromatic carbocycles. The maximum absolute atomic E-state index is 6.00. The maximum Gasteiger partial charge on any atom is 0.161 e. The zero-order valence-electron chi connectivity index (χ0n) is 11.1. The lowest BCUT2D eigenvalue weighted by Gasteiger charge is -2.35. The number of piperazine rings is 1. The lowest BCUT2D eigenvalue weighted by molar-refractivity contribution is 0.146. The smallest absolute Gasteiger partial charge is 0.161 e. The van der Waals surface area contributed by atoms with Gasteiger partial charge in [-0.3, -0.25) is 4.90 Å². The molecule has 2 aliphatic rings. The number of fused-ring (bicyclic) bond motifs is 1. The Labute approximate surface area is 119 Å². The van der Waals surface area contributed by atoms with E-state index in [1.807, 2.05) is 10.5 Å². The molecule has 1 fully saturated rings. The number of halogens is 1. The van der Waals surface area contributed by atoms with E-state index in [4.69, 9.17) is 21.3 Å². The topological polar surface area (TPSA) is 24.9 Å². The van der Waals surface area contributed by atoms with Gasteiger partial charge in [-0.2, -0.15) is 0 Å². The first-order valence-electron chi connectivity index (χ1n) is 6.78. The van der Waals surface area contributed by atoms with Crippen LogP contribution in [0.25, 0.3) is 0 Å². The van der Waals surface area contributed by atoms with Gasteiger partial charge in [0.25, 0.3) is 0 Å². The molecule has 2 aliphatic heterocycles. The number of hydrogen-bond acceptors (Lipinski definition) is 4. The molecule has 1 atom stereocenters. The minimum atomic E-state index is 0.376. The fourth-order valence-electron chi connectivity index (χ4n) is 2.62. The van der Waals surface area contributed by atoms with Crippen LogP contribution >= 0.6 is 11.8 Å². The average Bonchev–Trinajstić information content (AvgIpc) is 2.47. The van der Waals surface area contributed by atoms with Gasteiger partial charge in [-0.05, 0) is 36.4 Å². The summed E-state index contributed by atoms with van der Waals surface area (Å²) in [5.74, 6) is 1.72. The molecule has 19 heavy (non-hydrogen) atoms. The Morgan fingerprint density at radius 1 is 1.05 bits per heavy atom. The summed E-state index contributed by atoms with van der Waals surface area (Å²) in [7, 11) is 0. The van der Waals surface area contributed by atoms with Gasteiger partial charge in [0.15, 0.2) is 11.5 Å². The van der Waals surface area contributed by atoms with E-state index in [9.17, 15) is 0 Å². The Kier molecular flexibility index (Phi) is 3.82. The summed E-state index contributed by atoms with van der Waals surface area (Å²) in [6.45, 7) is 7.33. The zero-order valence-corrected chi connectivity index (χ0v) is 11.9. The fraction of sp³-hybridized carbons (Fsp3) is 0.571. The summed E-state index contributed by atoms with van der Waals surface area (Å²) in [5, 5.41) is 0. The zero-order chi connectivity index (χ0) is 13.2. The van der Waals surface area contributed by atoms with E-state index in [1.54, 1.807) is 0 Å². The molecule has 104 valence electrons. The van der Waals surface area contributed by atoms with Crippen LogP contribution in [0.5, 0.6) is 11.5 Å². The van der Waals surface area contributed by atoms with E-state index >= 15 is 0 Å². The van der Waals surface area contributed by atoms with Crippen LogP contribution in [0.1, 0.15) is 18.5 Å². The molecule has 5 heteroatoms. The predicted octanol–water partition coefficient (Wildman–Crippen LogP) is 2.29. The Balaban J connectivity index is 1.74. The maximum atomic E-state index is 6.00. The summed E-state index contributed by atoms with van der Waals surface area (Å²) in [6.07, 6.45) is 0. The highest BCUT2D eigenvalue weighted by Crippen LogP contribution is 2.34. The first kappa shape index (κ1) is 13.0. The highest BCUT2D eigenvalue weighted by atomic mass is 35.5. The van der Waals surface area contributed by atoms with E-state index in [1.165, 1.54) is 5.56 Å². The first-order valence-corrected chi connectivity index (χ1v) is 7.12. The molecule has 1 unspecified atom stereocenters. The molecule has 0 aliphatic carbocycles. The first-order chi connectivity index (χ1) is 9.24. The van der Waals surface area contributed by atoms with Crippen LogP contribution in [0.3, 0.4) is 0 Å². The molecule has 2 heterocycles. The average molecular weight is 283 g/mol. The van der Waals surface area contributed by atoms with Crippen LogP contribution in [-0.2, 0) is 0 Å². The molecule has 1 aromatic rings. The van der Waals surface area contributed by atoms with Crippen LogP contribution in [0, 0.1) is 0 Å². The largest absolute Gasteiger partial charge is 0.486 e. The van der Waals surface area contributed by atoms with Gasteiger partial charge in [0.2, 0.25) is 0 Å². The van der Waals surface area contributed by atoms with E-state index in [0.717, 1.165) is 37.7 Å². The van der Waals surface area contributed by atoms with Crippen LogP contribution in [0.15, 0.2) is 18.2 Å². The number of hydrogen-bond donors (Lipinski definition) is 0. The fourth-order valence-corrected chi connectivity index (χ4v) is 2.77. The van der Waals surface area contributed by atoms with Crippen molar-refractivity contribution >= 4 is 11.8 Å². The van der Waals surface area contributed by atoms with E-state index in [2.05, 4.69) is 24.0 Å². The van der Waals surface area contributed by atoms with Gasteiger partial charge in [-0.1, -0.05) is 6.07 Å². The molecule has 0 bridgehead atoms. The Morgan fingerprint density at radius 2 is 1.74 bits per heavy atom. The summed E-state index contributed by atoms with van der Waals surface area (Å²) < 4.78 is 13.1. The molecule has 0 aromatic heterocycles. The minimum Gasteiger partial charge on any atom is -0.486 e. The summed E-state index contributed by atoms with van der Waals surface area (Å²) in [5.41, 5.74) is 1.27. The quantitative estimate of drug-likeness (QED) is 0.777. The molecule has 1 saturated heterocycles. The molecule has 0 saturated carbocycles. The molecule has 0 N–H and O–H groups in total. The second kappa shape index (κ2) is 5.57. The van der Waals surface area contributed by atoms with Crippen molar-refractivity contribution in [1.29, 1.82) is 0 Å². The molecule has 0 spiro atoms. The van der Waals surface area contributed by atoms with Crippen molar-refractivity contribution in [2.45, 2.75) is 13.0 Å². The van der Waals surface area contributed by atoms with Crippen molar-refractivity contribution in [1.82, 2.24) is 9.32 Å². The number of benzene rings is 1. The van der Waals surface area contributed by atoms with Gasteiger partial charge in [0.1, 0.15) is 13.2 Å². The highest BCUT2D eigenvalue weighted by Gasteiger charge is 2.22. The lowest BCUT2D eigenvalue weighted by atomic mass is 10.1. The number of rotatable bonds is 2. The second-order valence-corrected chi connectivity index (χ2v) is 5.50. The number of ether oxygens (including phenoxy) is 2. The van der Waals surface area contributed by atoms with Crippen molar-refractivity contribution in [2.75, 3.05) is 39.4 Å². The molecule has 3 rings (SSSR count). The molecule has 4 nitrogen and oxygen atoms in total. The van der Waals surface area contributed by atoms with E-state index in [-0.39, 0.29) is 0 Å². The third kappa shape index (κ3) is 2.81. The highest BCUT2D eigenvalue weighted by molar-refractivity contribution is 6.13. The van der Waals surface area contributed by atoms with Crippen LogP contribution in [0.2, 0.25) is 0 Å².